The Kier molecular flexibility index (Phi) is 7.29. The van der Waals surface area contributed by atoms with Gasteiger partial charge < -0.3 is 14.5 Å². The Morgan fingerprint density at radius 1 is 1.12 bits per heavy atom. The second-order valence-corrected chi connectivity index (χ2v) is 9.19. The van der Waals surface area contributed by atoms with Crippen molar-refractivity contribution in [1.29, 1.82) is 0 Å². The molecule has 0 unspecified atom stereocenters. The SMILES string of the molecule is Cc1ccc(C(C)C)c(OCc2ccc(C(=O)Nc3cnn(Cc4ccc(Cl)c(Cl)c4)c3)o2)c1. The van der Waals surface area contributed by atoms with Crippen molar-refractivity contribution in [1.82, 2.24) is 9.78 Å². The van der Waals surface area contributed by atoms with E-state index < -0.39 is 0 Å². The highest BCUT2D eigenvalue weighted by Gasteiger charge is 2.14. The molecule has 0 saturated heterocycles. The summed E-state index contributed by atoms with van der Waals surface area (Å²) in [6.45, 7) is 7.00. The van der Waals surface area contributed by atoms with Gasteiger partial charge in [0, 0.05) is 6.20 Å². The van der Waals surface area contributed by atoms with Crippen molar-refractivity contribution in [2.45, 2.75) is 39.8 Å². The minimum absolute atomic E-state index is 0.198. The van der Waals surface area contributed by atoms with E-state index in [1.54, 1.807) is 41.3 Å². The van der Waals surface area contributed by atoms with Crippen LogP contribution in [-0.4, -0.2) is 15.7 Å². The van der Waals surface area contributed by atoms with Crippen molar-refractivity contribution in [2.24, 2.45) is 0 Å². The van der Waals surface area contributed by atoms with Gasteiger partial charge in [-0.1, -0.05) is 55.2 Å². The quantitative estimate of drug-likeness (QED) is 0.282. The normalized spacial score (nSPS) is 11.1. The smallest absolute Gasteiger partial charge is 0.291 e. The Labute approximate surface area is 208 Å². The molecule has 0 bridgehead atoms. The van der Waals surface area contributed by atoms with E-state index in [-0.39, 0.29) is 18.3 Å². The van der Waals surface area contributed by atoms with Gasteiger partial charge in [0.2, 0.25) is 0 Å². The first kappa shape index (κ1) is 23.9. The summed E-state index contributed by atoms with van der Waals surface area (Å²) in [6.07, 6.45) is 3.31. The molecule has 176 valence electrons. The van der Waals surface area contributed by atoms with E-state index in [2.05, 4.69) is 36.4 Å². The first-order chi connectivity index (χ1) is 16.3. The van der Waals surface area contributed by atoms with Gasteiger partial charge in [0.25, 0.3) is 5.91 Å². The van der Waals surface area contributed by atoms with Crippen molar-refractivity contribution < 1.29 is 13.9 Å². The molecule has 1 amide bonds. The molecular formula is C26H25Cl2N3O3. The van der Waals surface area contributed by atoms with Crippen LogP contribution in [0.15, 0.2) is 65.3 Å². The van der Waals surface area contributed by atoms with Crippen LogP contribution in [0.1, 0.15) is 52.8 Å². The van der Waals surface area contributed by atoms with Crippen molar-refractivity contribution >= 4 is 34.8 Å². The number of amides is 1. The van der Waals surface area contributed by atoms with Gasteiger partial charge in [-0.05, 0) is 59.9 Å². The average Bonchev–Trinajstić information content (AvgIpc) is 3.44. The second kappa shape index (κ2) is 10.4. The third-order valence-electron chi connectivity index (χ3n) is 5.27. The van der Waals surface area contributed by atoms with Crippen LogP contribution in [0.5, 0.6) is 5.75 Å². The number of anilines is 1. The van der Waals surface area contributed by atoms with Crippen LogP contribution in [-0.2, 0) is 13.2 Å². The zero-order valence-electron chi connectivity index (χ0n) is 19.1. The predicted molar refractivity (Wildman–Crippen MR) is 134 cm³/mol. The molecule has 0 fully saturated rings. The van der Waals surface area contributed by atoms with Gasteiger partial charge in [-0.15, -0.1) is 0 Å². The van der Waals surface area contributed by atoms with E-state index in [4.69, 9.17) is 32.4 Å². The Morgan fingerprint density at radius 2 is 1.94 bits per heavy atom. The fourth-order valence-electron chi connectivity index (χ4n) is 3.50. The van der Waals surface area contributed by atoms with Gasteiger partial charge in [-0.2, -0.15) is 5.10 Å². The summed E-state index contributed by atoms with van der Waals surface area (Å²) in [7, 11) is 0. The van der Waals surface area contributed by atoms with Crippen LogP contribution in [0.25, 0.3) is 0 Å². The molecule has 0 spiro atoms. The zero-order chi connectivity index (χ0) is 24.2. The van der Waals surface area contributed by atoms with Crippen LogP contribution in [0.4, 0.5) is 5.69 Å². The minimum Gasteiger partial charge on any atom is -0.485 e. The molecule has 34 heavy (non-hydrogen) atoms. The monoisotopic (exact) mass is 497 g/mol. The van der Waals surface area contributed by atoms with Crippen molar-refractivity contribution in [3.8, 4) is 5.75 Å². The summed E-state index contributed by atoms with van der Waals surface area (Å²) in [5, 5.41) is 8.07. The van der Waals surface area contributed by atoms with E-state index >= 15 is 0 Å². The maximum atomic E-state index is 12.6. The molecule has 2 aromatic heterocycles. The summed E-state index contributed by atoms with van der Waals surface area (Å²) >= 11 is 12.0. The molecule has 2 aromatic carbocycles. The molecule has 8 heteroatoms. The number of furan rings is 1. The number of halogens is 2. The zero-order valence-corrected chi connectivity index (χ0v) is 20.7. The van der Waals surface area contributed by atoms with Gasteiger partial charge in [-0.25, -0.2) is 0 Å². The number of aryl methyl sites for hydroxylation is 1. The Hall–Kier alpha value is -3.22. The first-order valence-corrected chi connectivity index (χ1v) is 11.6. The number of ether oxygens (including phenoxy) is 1. The molecule has 0 saturated carbocycles. The molecule has 0 aliphatic heterocycles. The Bertz CT molecular complexity index is 1310. The largest absolute Gasteiger partial charge is 0.485 e. The molecule has 0 atom stereocenters. The Morgan fingerprint density at radius 3 is 2.71 bits per heavy atom. The minimum atomic E-state index is -0.362. The average molecular weight is 498 g/mol. The molecule has 0 aliphatic carbocycles. The summed E-state index contributed by atoms with van der Waals surface area (Å²) in [6, 6.07) is 15.0. The van der Waals surface area contributed by atoms with E-state index in [0.717, 1.165) is 22.4 Å². The molecular weight excluding hydrogens is 473 g/mol. The fraction of sp³-hybridized carbons (Fsp3) is 0.231. The summed E-state index contributed by atoms with van der Waals surface area (Å²) in [5.74, 6) is 1.57. The van der Waals surface area contributed by atoms with Gasteiger partial charge in [-0.3, -0.25) is 9.48 Å². The summed E-state index contributed by atoms with van der Waals surface area (Å²) < 4.78 is 13.4. The first-order valence-electron chi connectivity index (χ1n) is 10.9. The van der Waals surface area contributed by atoms with Gasteiger partial charge in [0.15, 0.2) is 5.76 Å². The fourth-order valence-corrected chi connectivity index (χ4v) is 3.82. The molecule has 6 nitrogen and oxygen atoms in total. The lowest BCUT2D eigenvalue weighted by Gasteiger charge is -2.14. The van der Waals surface area contributed by atoms with Crippen molar-refractivity contribution in [3.05, 3.63) is 99.2 Å². The number of nitrogens with zero attached hydrogens (tertiary/aromatic N) is 2. The predicted octanol–water partition coefficient (Wildman–Crippen LogP) is 7.09. The number of nitrogens with one attached hydrogen (secondary N) is 1. The third-order valence-corrected chi connectivity index (χ3v) is 6.01. The standard InChI is InChI=1S/C26H25Cl2N3O3/c1-16(2)21-7-4-17(3)10-25(21)33-15-20-6-9-24(34-20)26(32)30-19-12-29-31(14-19)13-18-5-8-22(27)23(28)11-18/h4-12,14,16H,13,15H2,1-3H3,(H,30,32). The number of aromatic nitrogens is 2. The topological polar surface area (TPSA) is 69.3 Å². The second-order valence-electron chi connectivity index (χ2n) is 8.38. The molecule has 4 rings (SSSR count). The number of carbonyl (C=O) groups is 1. The van der Waals surface area contributed by atoms with E-state index in [0.29, 0.717) is 34.0 Å². The molecule has 0 aliphatic rings. The van der Waals surface area contributed by atoms with E-state index in [1.807, 2.05) is 19.1 Å². The summed E-state index contributed by atoms with van der Waals surface area (Å²) in [4.78, 5) is 12.6. The van der Waals surface area contributed by atoms with E-state index in [9.17, 15) is 4.79 Å². The van der Waals surface area contributed by atoms with Crippen LogP contribution in [0, 0.1) is 6.92 Å². The van der Waals surface area contributed by atoms with Gasteiger partial charge in [0.05, 0.1) is 28.5 Å². The lowest BCUT2D eigenvalue weighted by molar-refractivity contribution is 0.0992. The number of benzene rings is 2. The lowest BCUT2D eigenvalue weighted by atomic mass is 10.0. The lowest BCUT2D eigenvalue weighted by Crippen LogP contribution is -2.10. The number of hydrogen-bond donors (Lipinski definition) is 1. The van der Waals surface area contributed by atoms with Crippen LogP contribution in [0.2, 0.25) is 10.0 Å². The van der Waals surface area contributed by atoms with Gasteiger partial charge >= 0.3 is 0 Å². The van der Waals surface area contributed by atoms with Crippen LogP contribution < -0.4 is 10.1 Å². The maximum Gasteiger partial charge on any atom is 0.291 e. The molecule has 1 N–H and O–H groups in total. The third kappa shape index (κ3) is 5.82. The molecule has 2 heterocycles. The number of rotatable bonds is 8. The highest BCUT2D eigenvalue weighted by atomic mass is 35.5. The molecule has 0 radical (unpaired) electrons. The van der Waals surface area contributed by atoms with Gasteiger partial charge in [0.1, 0.15) is 18.1 Å². The number of carbonyl (C=O) groups excluding carboxylic acids is 1. The highest BCUT2D eigenvalue weighted by Crippen LogP contribution is 2.28. The molecule has 4 aromatic rings. The van der Waals surface area contributed by atoms with Crippen molar-refractivity contribution in [2.75, 3.05) is 5.32 Å². The van der Waals surface area contributed by atoms with E-state index in [1.165, 1.54) is 0 Å². The number of hydrogen-bond acceptors (Lipinski definition) is 4. The maximum absolute atomic E-state index is 12.6. The van der Waals surface area contributed by atoms with Crippen molar-refractivity contribution in [3.63, 3.8) is 0 Å². The summed E-state index contributed by atoms with van der Waals surface area (Å²) in [5.41, 5.74) is 3.76. The van der Waals surface area contributed by atoms with Crippen LogP contribution in [0.3, 0.4) is 0 Å². The Balaban J connectivity index is 1.36. The highest BCUT2D eigenvalue weighted by molar-refractivity contribution is 6.42. The van der Waals surface area contributed by atoms with Crippen LogP contribution >= 0.6 is 23.2 Å².